The van der Waals surface area contributed by atoms with Gasteiger partial charge in [0.25, 0.3) is 6.47 Å². The van der Waals surface area contributed by atoms with Crippen molar-refractivity contribution in [2.45, 2.75) is 201 Å². The van der Waals surface area contributed by atoms with Gasteiger partial charge in [-0.15, -0.1) is 12.4 Å². The summed E-state index contributed by atoms with van der Waals surface area (Å²) in [5.74, 6) is 0.741. The summed E-state index contributed by atoms with van der Waals surface area (Å²) >= 11 is 10.2. The van der Waals surface area contributed by atoms with Gasteiger partial charge in [0, 0.05) is 105 Å². The largest absolute Gasteiger partial charge is 1.00 e. The zero-order valence-electron chi connectivity index (χ0n) is 82.4. The molecule has 26 nitrogen and oxygen atoms in total. The average molecular weight is 2400 g/mol. The van der Waals surface area contributed by atoms with Crippen LogP contribution < -0.4 is 207 Å². The number of rotatable bonds is 25. The molecule has 0 spiro atoms. The number of hydrogen-bond acceptors (Lipinski definition) is 22. The van der Waals surface area contributed by atoms with Crippen LogP contribution in [0.1, 0.15) is 177 Å². The molecule has 4 atom stereocenters. The number of fused-ring (bicyclic) bond motifs is 6. The predicted molar refractivity (Wildman–Crippen MR) is 541 cm³/mol. The number of nitrogens with two attached hydrogens (primary N) is 1. The summed E-state index contributed by atoms with van der Waals surface area (Å²) in [6.07, 6.45) is 11.0. The maximum Gasteiger partial charge on any atom is 1.00 e. The third-order valence-electron chi connectivity index (χ3n) is 20.2. The van der Waals surface area contributed by atoms with Crippen molar-refractivity contribution in [3.05, 3.63) is 253 Å². The Morgan fingerprint density at radius 2 is 0.824 bits per heavy atom. The van der Waals surface area contributed by atoms with Crippen molar-refractivity contribution in [3.8, 4) is 22.6 Å². The molecule has 5 N–H and O–H groups in total. The molecule has 3 radical (unpaired) electrons. The molecule has 1 aliphatic heterocycles. The van der Waals surface area contributed by atoms with Gasteiger partial charge in [0.2, 0.25) is 0 Å². The van der Waals surface area contributed by atoms with E-state index in [9.17, 15) is 31.2 Å². The summed E-state index contributed by atoms with van der Waals surface area (Å²) < 4.78 is 126. The van der Waals surface area contributed by atoms with Crippen molar-refractivity contribution in [1.29, 1.82) is 0 Å². The molecule has 0 amide bonds. The molecule has 1 saturated heterocycles. The maximum absolute atomic E-state index is 12.5. The van der Waals surface area contributed by atoms with Gasteiger partial charge in [0.15, 0.2) is 6.29 Å². The summed E-state index contributed by atoms with van der Waals surface area (Å²) in [6, 6.07) is 50.4. The molecular formula is C97H114B2Br3ClCs2N4NaO22S4. The monoisotopic (exact) mass is 2400 g/mol. The van der Waals surface area contributed by atoms with Crippen LogP contribution in [0.4, 0.5) is 0 Å². The topological polar surface area (TPSA) is 365 Å². The van der Waals surface area contributed by atoms with E-state index in [0.717, 1.165) is 141 Å². The smallest absolute Gasteiger partial charge is 1.00 e. The van der Waals surface area contributed by atoms with E-state index in [0.29, 0.717) is 63.1 Å². The average Bonchev–Trinajstić information content (AvgIpc) is 1.59. The van der Waals surface area contributed by atoms with E-state index in [1.54, 1.807) is 45.2 Å². The molecule has 136 heavy (non-hydrogen) atoms. The van der Waals surface area contributed by atoms with Crippen LogP contribution in [0.5, 0.6) is 11.5 Å². The molecule has 0 aliphatic carbocycles. The number of furan rings is 6. The van der Waals surface area contributed by atoms with E-state index in [4.69, 9.17) is 69.9 Å². The van der Waals surface area contributed by atoms with Gasteiger partial charge < -0.3 is 67.8 Å². The fraction of sp³-hybridized carbons (Fsp3) is 0.340. The second-order valence-corrected chi connectivity index (χ2v) is 45.2. The van der Waals surface area contributed by atoms with E-state index >= 15 is 0 Å². The number of para-hydroxylation sites is 6. The molecule has 0 bridgehead atoms. The standard InChI is InChI=1S/C32H33NO6S.C25H29BO6.2C13H16BrNO2S.C9H5BrO2.C4H11NOS.CH2O3.B.ClH.2Cs.Na.2H/c1-5-36-29(34)17-22-9-6-7-12-28(22)38-19-21-15-23-13-14-37-30(23)27(16-21)26-11-8-10-25-24(20-39-31(25)26)18-33-40(35)32(2,3)4;1-6-28-22(27)15-18-9-7-8-10-21(18)30-16-17-13-19-11-12-29-23(19)20(14-17)26-31-24(2,3)25(4,5)32-26;2*1-13(2,3)18(16)15-7-9-8-17-12-10(9)5-4-6-11(12)14;10-8-3-1-2-7-6(4-11)5-12-9(7)8;1-4(2,3)7(5)6;2-1-4-3;;;;;;;/h6-16,20,33H,5,17-19H2,1-4H3;7-14H,6,15-16H2,1-5H3;2*4-6,8,15H,7H2,1-3H3;1-5H;5H2,1-3H3;1,3H;;1H;;;;;/q;;;;;;;;;3*+1;2*-1/p-1/t40-;;2*18-;;7-;;;;;;;;/m0.11.0......../s1. The van der Waals surface area contributed by atoms with E-state index in [-0.39, 0.29) is 241 Å². The molecular weight excluding hydrogens is 2290 g/mol. The molecule has 0 saturated carbocycles. The number of benzene rings is 8. The second-order valence-electron chi connectivity index (χ2n) is 34.7. The van der Waals surface area contributed by atoms with Crippen molar-refractivity contribution >= 4 is 216 Å². The van der Waals surface area contributed by atoms with E-state index in [1.807, 2.05) is 269 Å². The van der Waals surface area contributed by atoms with Crippen LogP contribution in [0.3, 0.4) is 0 Å². The fourth-order valence-electron chi connectivity index (χ4n) is 12.6. The van der Waals surface area contributed by atoms with Crippen molar-refractivity contribution < 1.29 is 271 Å². The Balaban J connectivity index is 0.000000587. The van der Waals surface area contributed by atoms with E-state index < -0.39 is 62.3 Å². The molecule has 8 aromatic carbocycles. The van der Waals surface area contributed by atoms with Gasteiger partial charge in [-0.2, -0.15) is 0 Å². The number of carbonyl (C=O) groups excluding carboxylic acids is 4. The van der Waals surface area contributed by atoms with Crippen molar-refractivity contribution in [1.82, 2.24) is 14.2 Å². The van der Waals surface area contributed by atoms with Crippen molar-refractivity contribution in [2.75, 3.05) is 13.2 Å². The molecule has 14 aromatic rings. The van der Waals surface area contributed by atoms with Crippen LogP contribution >= 0.6 is 60.2 Å². The number of nitrogens with one attached hydrogen (secondary N) is 3. The summed E-state index contributed by atoms with van der Waals surface area (Å²) in [7, 11) is -5.06. The molecule has 39 heteroatoms. The first-order chi connectivity index (χ1) is 61.9. The van der Waals surface area contributed by atoms with Gasteiger partial charge in [-0.05, 0) is 244 Å². The summed E-state index contributed by atoms with van der Waals surface area (Å²) in [5, 5.41) is 19.3. The van der Waals surface area contributed by atoms with Gasteiger partial charge in [0.1, 0.15) is 64.5 Å². The Morgan fingerprint density at radius 3 is 1.21 bits per heavy atom. The summed E-state index contributed by atoms with van der Waals surface area (Å²) in [5.41, 5.74) is 13.4. The predicted octanol–water partition coefficient (Wildman–Crippen LogP) is 12.1. The Kier molecular flexibility index (Phi) is 52.6. The van der Waals surface area contributed by atoms with E-state index in [2.05, 4.69) is 66.8 Å². The number of hydrogen-bond donors (Lipinski definition) is 4. The normalized spacial score (nSPS) is 13.3. The minimum atomic E-state index is -1.19. The molecule has 7 heterocycles. The minimum Gasteiger partial charge on any atom is -1.00 e. The summed E-state index contributed by atoms with van der Waals surface area (Å²) in [6.45, 7) is 37.3. The Bertz CT molecular complexity index is 6260. The number of halogens is 4. The molecule has 1 aliphatic rings. The second kappa shape index (κ2) is 57.6. The number of aldehydes is 1. The summed E-state index contributed by atoms with van der Waals surface area (Å²) in [4.78, 5) is 45.8. The van der Waals surface area contributed by atoms with Gasteiger partial charge >= 0.3 is 186 Å². The minimum absolute atomic E-state index is 0. The Morgan fingerprint density at radius 1 is 0.471 bits per heavy atom. The molecule has 1 fully saturated rings. The first-order valence-corrected chi connectivity index (χ1v) is 48.8. The third-order valence-corrected chi connectivity index (χ3v) is 27.8. The Hall–Kier alpha value is -4.04. The fourth-order valence-corrected chi connectivity index (χ4v) is 16.1. The number of esters is 2. The van der Waals surface area contributed by atoms with Gasteiger partial charge in [-0.25, -0.2) is 31.0 Å². The number of ether oxygens (including phenoxy) is 4. The quantitative estimate of drug-likeness (QED) is 0.0136. The first-order valence-electron chi connectivity index (χ1n) is 41.7. The number of carbonyl (C=O) groups is 4. The zero-order chi connectivity index (χ0) is 95.9. The molecule has 715 valence electrons. The van der Waals surface area contributed by atoms with Crippen molar-refractivity contribution in [2.24, 2.45) is 5.14 Å². The first kappa shape index (κ1) is 124. The van der Waals surface area contributed by atoms with Crippen LogP contribution in [-0.4, -0.2) is 100 Å². The van der Waals surface area contributed by atoms with Gasteiger partial charge in [-0.3, -0.25) is 24.3 Å². The Labute approximate surface area is 980 Å². The van der Waals surface area contributed by atoms with Gasteiger partial charge in [0.05, 0.1) is 150 Å². The molecule has 15 rings (SSSR count). The van der Waals surface area contributed by atoms with Crippen molar-refractivity contribution in [3.63, 3.8) is 0 Å². The van der Waals surface area contributed by atoms with Crippen LogP contribution in [0.25, 0.3) is 76.9 Å². The zero-order valence-corrected chi connectivity index (χ0v) is 104. The SMILES string of the molecule is CC(C)(C)[S@@](=O)NCc1coc2c(Br)cccc12.CC(C)(C)[S@@](=O)NCc1coc2c(Br)cccc12.CC(C)(C)[S@@](N)=O.CCOC(=O)Cc1ccccc1OCc1cc(-c2cccc3c(CN[S@@](=O)C(C)(C)C)coc23)c2occc2c1.CCOC(=O)Cc1ccccc1OCc1cc(B2OC(C)(C)C(C)(C)O2)c2occc2c1.Cl.O=CO[O-].O=Cc1coc2c(Br)cccc12.[B].[Cs+].[Cs+].[H-].[H-].[Na+]. The molecule has 0 unspecified atom stereocenters. The van der Waals surface area contributed by atoms with Crippen LogP contribution in [-0.2, 0) is 128 Å². The molecule has 6 aromatic heterocycles. The van der Waals surface area contributed by atoms with Crippen LogP contribution in [0.2, 0.25) is 0 Å². The van der Waals surface area contributed by atoms with Gasteiger partial charge in [-0.1, -0.05) is 97.1 Å². The van der Waals surface area contributed by atoms with Crippen LogP contribution in [0.15, 0.2) is 235 Å². The third kappa shape index (κ3) is 35.4. The maximum atomic E-state index is 12.5. The van der Waals surface area contributed by atoms with E-state index in [1.165, 1.54) is 6.26 Å². The van der Waals surface area contributed by atoms with Crippen LogP contribution in [0, 0.1) is 0 Å².